The fourth-order valence-electron chi connectivity index (χ4n) is 4.67. The first-order chi connectivity index (χ1) is 13.3. The van der Waals surface area contributed by atoms with E-state index < -0.39 is 0 Å². The third-order valence-corrected chi connectivity index (χ3v) is 6.77. The molecule has 2 atom stereocenters. The van der Waals surface area contributed by atoms with Crippen molar-refractivity contribution in [2.75, 3.05) is 6.54 Å². The first kappa shape index (κ1) is 19.4. The van der Waals surface area contributed by atoms with Gasteiger partial charge >= 0.3 is 0 Å². The SMILES string of the molecule is Cc1[nH]c2ccccc2c1[C@@H]1[C@H](CCNC(=O)c2ccc(Cl)cc2Cl)C1(C)C. The molecular formula is C23H24Cl2N2O. The maximum Gasteiger partial charge on any atom is 0.252 e. The van der Waals surface area contributed by atoms with Crippen LogP contribution in [0, 0.1) is 18.3 Å². The number of aromatic nitrogens is 1. The normalized spacial score (nSPS) is 20.3. The molecule has 5 heteroatoms. The van der Waals surface area contributed by atoms with Gasteiger partial charge in [0.25, 0.3) is 5.91 Å². The molecule has 3 nitrogen and oxygen atoms in total. The summed E-state index contributed by atoms with van der Waals surface area (Å²) in [5.41, 5.74) is 4.56. The van der Waals surface area contributed by atoms with Gasteiger partial charge in [0.15, 0.2) is 0 Å². The van der Waals surface area contributed by atoms with Crippen molar-refractivity contribution < 1.29 is 4.79 Å². The van der Waals surface area contributed by atoms with Crippen LogP contribution in [0.2, 0.25) is 10.0 Å². The molecule has 0 unspecified atom stereocenters. The third kappa shape index (κ3) is 3.31. The van der Waals surface area contributed by atoms with Gasteiger partial charge in [-0.25, -0.2) is 0 Å². The van der Waals surface area contributed by atoms with Gasteiger partial charge in [0, 0.05) is 28.2 Å². The minimum absolute atomic E-state index is 0.153. The molecule has 1 heterocycles. The second-order valence-corrected chi connectivity index (χ2v) is 9.13. The summed E-state index contributed by atoms with van der Waals surface area (Å²) in [7, 11) is 0. The van der Waals surface area contributed by atoms with E-state index in [-0.39, 0.29) is 11.3 Å². The standard InChI is InChI=1S/C23H24Cl2N2O/c1-13-20(16-6-4-5-7-19(16)27-13)21-17(23(21,2)3)10-11-26-22(28)15-9-8-14(24)12-18(15)25/h4-9,12,17,21,27H,10-11H2,1-3H3,(H,26,28)/t17-,21-/m0/s1. The van der Waals surface area contributed by atoms with Crippen molar-refractivity contribution in [3.8, 4) is 0 Å². The zero-order chi connectivity index (χ0) is 20.1. The molecular weight excluding hydrogens is 391 g/mol. The lowest BCUT2D eigenvalue weighted by atomic mass is 10.0. The van der Waals surface area contributed by atoms with E-state index in [0.717, 1.165) is 6.42 Å². The highest BCUT2D eigenvalue weighted by atomic mass is 35.5. The molecule has 1 fully saturated rings. The summed E-state index contributed by atoms with van der Waals surface area (Å²) in [5, 5.41) is 5.23. The van der Waals surface area contributed by atoms with E-state index in [0.29, 0.717) is 34.0 Å². The lowest BCUT2D eigenvalue weighted by Crippen LogP contribution is -2.25. The molecule has 3 aromatic rings. The number of carbonyl (C=O) groups excluding carboxylic acids is 1. The fourth-order valence-corrected chi connectivity index (χ4v) is 5.16. The Balaban J connectivity index is 1.44. The molecule has 0 saturated heterocycles. The Morgan fingerprint density at radius 1 is 1.18 bits per heavy atom. The molecule has 1 aliphatic carbocycles. The lowest BCUT2D eigenvalue weighted by Gasteiger charge is -2.07. The largest absolute Gasteiger partial charge is 0.358 e. The third-order valence-electron chi connectivity index (χ3n) is 6.22. The smallest absolute Gasteiger partial charge is 0.252 e. The topological polar surface area (TPSA) is 44.9 Å². The summed E-state index contributed by atoms with van der Waals surface area (Å²) in [6.07, 6.45) is 0.938. The van der Waals surface area contributed by atoms with Crippen LogP contribution in [0.25, 0.3) is 10.9 Å². The van der Waals surface area contributed by atoms with Crippen LogP contribution in [0.4, 0.5) is 0 Å². The molecule has 1 amide bonds. The molecule has 0 bridgehead atoms. The van der Waals surface area contributed by atoms with Crippen molar-refractivity contribution >= 4 is 40.0 Å². The van der Waals surface area contributed by atoms with E-state index in [9.17, 15) is 4.79 Å². The highest BCUT2D eigenvalue weighted by molar-refractivity contribution is 6.36. The molecule has 1 aliphatic rings. The number of halogens is 2. The molecule has 2 N–H and O–H groups in total. The van der Waals surface area contributed by atoms with Crippen molar-refractivity contribution in [1.29, 1.82) is 0 Å². The van der Waals surface area contributed by atoms with Crippen LogP contribution in [0.1, 0.15) is 47.8 Å². The highest BCUT2D eigenvalue weighted by Gasteiger charge is 2.58. The van der Waals surface area contributed by atoms with E-state index >= 15 is 0 Å². The number of aromatic amines is 1. The Hall–Kier alpha value is -1.97. The fraction of sp³-hybridized carbons (Fsp3) is 0.348. The van der Waals surface area contributed by atoms with E-state index in [1.165, 1.54) is 22.2 Å². The molecule has 28 heavy (non-hydrogen) atoms. The van der Waals surface area contributed by atoms with E-state index in [4.69, 9.17) is 23.2 Å². The number of carbonyl (C=O) groups is 1. The van der Waals surface area contributed by atoms with Gasteiger partial charge in [0.05, 0.1) is 10.6 Å². The Bertz CT molecular complexity index is 1050. The molecule has 0 spiro atoms. The van der Waals surface area contributed by atoms with Crippen LogP contribution in [-0.2, 0) is 0 Å². The first-order valence-electron chi connectivity index (χ1n) is 9.61. The van der Waals surface area contributed by atoms with Crippen LogP contribution in [0.15, 0.2) is 42.5 Å². The second-order valence-electron chi connectivity index (χ2n) is 8.28. The number of fused-ring (bicyclic) bond motifs is 1. The summed E-state index contributed by atoms with van der Waals surface area (Å²) in [6.45, 7) is 7.43. The predicted octanol–water partition coefficient (Wildman–Crippen LogP) is 6.34. The van der Waals surface area contributed by atoms with Crippen LogP contribution < -0.4 is 5.32 Å². The summed E-state index contributed by atoms with van der Waals surface area (Å²) >= 11 is 12.0. The zero-order valence-corrected chi connectivity index (χ0v) is 17.8. The minimum atomic E-state index is -0.153. The molecule has 2 aromatic carbocycles. The van der Waals surface area contributed by atoms with Crippen molar-refractivity contribution in [1.82, 2.24) is 10.3 Å². The summed E-state index contributed by atoms with van der Waals surface area (Å²) in [5.74, 6) is 0.881. The van der Waals surface area contributed by atoms with Gasteiger partial charge in [-0.05, 0) is 60.4 Å². The van der Waals surface area contributed by atoms with Gasteiger partial charge in [0.2, 0.25) is 0 Å². The monoisotopic (exact) mass is 414 g/mol. The van der Waals surface area contributed by atoms with Crippen LogP contribution in [0.3, 0.4) is 0 Å². The average Bonchev–Trinajstić information content (AvgIpc) is 3.00. The van der Waals surface area contributed by atoms with Crippen molar-refractivity contribution in [3.05, 3.63) is 69.3 Å². The molecule has 146 valence electrons. The van der Waals surface area contributed by atoms with E-state index in [1.54, 1.807) is 18.2 Å². The Labute approximate surface area is 175 Å². The van der Waals surface area contributed by atoms with Crippen molar-refractivity contribution in [2.24, 2.45) is 11.3 Å². The number of H-pyrrole nitrogens is 1. The molecule has 1 aromatic heterocycles. The van der Waals surface area contributed by atoms with Gasteiger partial charge < -0.3 is 10.3 Å². The summed E-state index contributed by atoms with van der Waals surface area (Å²) in [6, 6.07) is 13.4. The van der Waals surface area contributed by atoms with E-state index in [1.807, 2.05) is 0 Å². The van der Waals surface area contributed by atoms with Crippen molar-refractivity contribution in [3.63, 3.8) is 0 Å². The number of nitrogens with one attached hydrogen (secondary N) is 2. The maximum atomic E-state index is 12.4. The van der Waals surface area contributed by atoms with Gasteiger partial charge in [-0.2, -0.15) is 0 Å². The quantitative estimate of drug-likeness (QED) is 0.502. The average molecular weight is 415 g/mol. The number of aryl methyl sites for hydroxylation is 1. The van der Waals surface area contributed by atoms with E-state index in [2.05, 4.69) is 55.3 Å². The van der Waals surface area contributed by atoms with Crippen LogP contribution in [0.5, 0.6) is 0 Å². The molecule has 4 rings (SSSR count). The van der Waals surface area contributed by atoms with Crippen LogP contribution in [-0.4, -0.2) is 17.4 Å². The zero-order valence-electron chi connectivity index (χ0n) is 16.3. The Kier molecular flexibility index (Phi) is 4.93. The van der Waals surface area contributed by atoms with Crippen molar-refractivity contribution in [2.45, 2.75) is 33.1 Å². The number of amides is 1. The predicted molar refractivity (Wildman–Crippen MR) is 116 cm³/mol. The number of rotatable bonds is 5. The van der Waals surface area contributed by atoms with Crippen LogP contribution >= 0.6 is 23.2 Å². The lowest BCUT2D eigenvalue weighted by molar-refractivity contribution is 0.0952. The second kappa shape index (κ2) is 7.13. The van der Waals surface area contributed by atoms with Gasteiger partial charge in [-0.15, -0.1) is 0 Å². The van der Waals surface area contributed by atoms with Gasteiger partial charge in [0.1, 0.15) is 0 Å². The first-order valence-corrected chi connectivity index (χ1v) is 10.4. The molecule has 0 radical (unpaired) electrons. The highest BCUT2D eigenvalue weighted by Crippen LogP contribution is 2.67. The Morgan fingerprint density at radius 2 is 1.93 bits per heavy atom. The number of hydrogen-bond acceptors (Lipinski definition) is 1. The number of benzene rings is 2. The molecule has 1 saturated carbocycles. The maximum absolute atomic E-state index is 12.4. The Morgan fingerprint density at radius 3 is 2.68 bits per heavy atom. The van der Waals surface area contributed by atoms with Gasteiger partial charge in [-0.1, -0.05) is 55.2 Å². The molecule has 0 aliphatic heterocycles. The summed E-state index contributed by atoms with van der Waals surface area (Å²) in [4.78, 5) is 16.0. The number of para-hydroxylation sites is 1. The van der Waals surface area contributed by atoms with Gasteiger partial charge in [-0.3, -0.25) is 4.79 Å². The summed E-state index contributed by atoms with van der Waals surface area (Å²) < 4.78 is 0. The minimum Gasteiger partial charge on any atom is -0.358 e. The number of hydrogen-bond donors (Lipinski definition) is 2.